The molecule has 0 aliphatic heterocycles. The summed E-state index contributed by atoms with van der Waals surface area (Å²) in [5.41, 5.74) is 1.11. The van der Waals surface area contributed by atoms with Gasteiger partial charge in [-0.05, 0) is 37.6 Å². The van der Waals surface area contributed by atoms with Crippen LogP contribution in [0.25, 0.3) is 0 Å². The first-order valence-corrected chi connectivity index (χ1v) is 5.35. The number of allylic oxidation sites excluding steroid dienone is 1. The highest BCUT2D eigenvalue weighted by molar-refractivity contribution is 9.10. The minimum atomic E-state index is 0.103. The number of ether oxygens (including phenoxy) is 1. The average Bonchev–Trinajstić information content (AvgIpc) is 2.16. The summed E-state index contributed by atoms with van der Waals surface area (Å²) >= 11 is 3.44. The zero-order valence-electron chi connectivity index (χ0n) is 8.29. The van der Waals surface area contributed by atoms with Crippen molar-refractivity contribution in [3.05, 3.63) is 47.8 Å². The van der Waals surface area contributed by atoms with E-state index in [-0.39, 0.29) is 5.92 Å². The van der Waals surface area contributed by atoms with E-state index in [0.29, 0.717) is 6.61 Å². The third-order valence-electron chi connectivity index (χ3n) is 1.92. The maximum atomic E-state index is 5.43. The summed E-state index contributed by atoms with van der Waals surface area (Å²) in [6.45, 7) is 10.3. The van der Waals surface area contributed by atoms with Gasteiger partial charge in [-0.1, -0.05) is 22.0 Å². The van der Waals surface area contributed by atoms with Crippen LogP contribution in [0.3, 0.4) is 0 Å². The molecule has 0 N–H and O–H groups in total. The van der Waals surface area contributed by atoms with E-state index in [2.05, 4.69) is 29.4 Å². The van der Waals surface area contributed by atoms with Gasteiger partial charge in [0.05, 0.1) is 6.61 Å². The van der Waals surface area contributed by atoms with Crippen molar-refractivity contribution in [2.45, 2.75) is 12.8 Å². The lowest BCUT2D eigenvalue weighted by Gasteiger charge is -2.10. The van der Waals surface area contributed by atoms with Crippen LogP contribution in [0.5, 0.6) is 5.75 Å². The van der Waals surface area contributed by atoms with E-state index in [1.165, 1.54) is 0 Å². The smallest absolute Gasteiger partial charge is 0.120 e. The highest BCUT2D eigenvalue weighted by atomic mass is 79.9. The number of rotatable bonds is 4. The Morgan fingerprint density at radius 2 is 2.21 bits per heavy atom. The summed E-state index contributed by atoms with van der Waals surface area (Å²) in [6.07, 6.45) is 1.82. The summed E-state index contributed by atoms with van der Waals surface area (Å²) in [6, 6.07) is 5.97. The van der Waals surface area contributed by atoms with Gasteiger partial charge in [0.2, 0.25) is 0 Å². The van der Waals surface area contributed by atoms with Gasteiger partial charge in [0.1, 0.15) is 5.75 Å². The minimum absolute atomic E-state index is 0.103. The van der Waals surface area contributed by atoms with Gasteiger partial charge >= 0.3 is 0 Å². The molecule has 0 bridgehead atoms. The number of benzene rings is 1. The molecule has 1 nitrogen and oxygen atoms in total. The van der Waals surface area contributed by atoms with Crippen molar-refractivity contribution in [1.82, 2.24) is 0 Å². The second-order valence-electron chi connectivity index (χ2n) is 3.00. The van der Waals surface area contributed by atoms with Gasteiger partial charge in [0.15, 0.2) is 0 Å². The van der Waals surface area contributed by atoms with E-state index in [9.17, 15) is 0 Å². The lowest BCUT2D eigenvalue weighted by Crippen LogP contribution is -1.95. The standard InChI is InChI=1S/C12H14BrO/c1-4-9(3)10-6-11(13)8-12(7-10)14-5-2/h4,6-9H,1,3,5H2,2H3. The third-order valence-corrected chi connectivity index (χ3v) is 2.38. The molecule has 0 aliphatic rings. The van der Waals surface area contributed by atoms with Gasteiger partial charge in [0, 0.05) is 10.4 Å². The van der Waals surface area contributed by atoms with Gasteiger partial charge in [-0.25, -0.2) is 0 Å². The second-order valence-corrected chi connectivity index (χ2v) is 3.91. The fourth-order valence-electron chi connectivity index (χ4n) is 1.18. The lowest BCUT2D eigenvalue weighted by atomic mass is 10.0. The number of hydrogen-bond donors (Lipinski definition) is 0. The molecular weight excluding hydrogens is 240 g/mol. The van der Waals surface area contributed by atoms with Crippen LogP contribution in [0.4, 0.5) is 0 Å². The molecule has 0 heterocycles. The van der Waals surface area contributed by atoms with Crippen molar-refractivity contribution >= 4 is 15.9 Å². The molecule has 0 aliphatic carbocycles. The van der Waals surface area contributed by atoms with Crippen LogP contribution in [-0.2, 0) is 0 Å². The van der Waals surface area contributed by atoms with Crippen molar-refractivity contribution in [3.63, 3.8) is 0 Å². The fraction of sp³-hybridized carbons (Fsp3) is 0.250. The van der Waals surface area contributed by atoms with Crippen LogP contribution in [0.15, 0.2) is 35.3 Å². The van der Waals surface area contributed by atoms with E-state index >= 15 is 0 Å². The molecule has 14 heavy (non-hydrogen) atoms. The molecule has 1 aromatic rings. The molecule has 1 aromatic carbocycles. The first-order valence-electron chi connectivity index (χ1n) is 4.56. The largest absolute Gasteiger partial charge is 0.494 e. The highest BCUT2D eigenvalue weighted by Gasteiger charge is 2.04. The molecule has 0 aromatic heterocycles. The van der Waals surface area contributed by atoms with Gasteiger partial charge < -0.3 is 4.74 Å². The summed E-state index contributed by atoms with van der Waals surface area (Å²) in [5.74, 6) is 0.971. The lowest BCUT2D eigenvalue weighted by molar-refractivity contribution is 0.339. The Bertz CT molecular complexity index is 320. The average molecular weight is 254 g/mol. The van der Waals surface area contributed by atoms with Crippen LogP contribution in [0.1, 0.15) is 18.4 Å². The molecule has 0 saturated heterocycles. The molecule has 1 rings (SSSR count). The Balaban J connectivity index is 3.00. The van der Waals surface area contributed by atoms with E-state index in [0.717, 1.165) is 15.8 Å². The van der Waals surface area contributed by atoms with E-state index in [1.54, 1.807) is 0 Å². The molecule has 0 amide bonds. The van der Waals surface area contributed by atoms with Crippen LogP contribution in [0, 0.1) is 6.92 Å². The minimum Gasteiger partial charge on any atom is -0.494 e. The second kappa shape index (κ2) is 5.20. The first kappa shape index (κ1) is 11.3. The van der Waals surface area contributed by atoms with Crippen LogP contribution < -0.4 is 4.74 Å². The highest BCUT2D eigenvalue weighted by Crippen LogP contribution is 2.26. The molecule has 1 atom stereocenters. The van der Waals surface area contributed by atoms with Crippen molar-refractivity contribution in [2.24, 2.45) is 0 Å². The quantitative estimate of drug-likeness (QED) is 0.739. The van der Waals surface area contributed by atoms with E-state index < -0.39 is 0 Å². The van der Waals surface area contributed by atoms with E-state index in [4.69, 9.17) is 4.74 Å². The maximum Gasteiger partial charge on any atom is 0.120 e. The Labute approximate surface area is 93.9 Å². The summed E-state index contributed by atoms with van der Waals surface area (Å²) in [7, 11) is 0. The van der Waals surface area contributed by atoms with Crippen molar-refractivity contribution in [2.75, 3.05) is 6.61 Å². The zero-order chi connectivity index (χ0) is 10.6. The Morgan fingerprint density at radius 3 is 2.79 bits per heavy atom. The Hall–Kier alpha value is -0.760. The zero-order valence-corrected chi connectivity index (χ0v) is 9.88. The van der Waals surface area contributed by atoms with E-state index in [1.807, 2.05) is 31.2 Å². The molecule has 0 saturated carbocycles. The normalized spacial score (nSPS) is 12.2. The van der Waals surface area contributed by atoms with Crippen LogP contribution in [0.2, 0.25) is 0 Å². The molecule has 1 radical (unpaired) electrons. The summed E-state index contributed by atoms with van der Waals surface area (Å²) in [4.78, 5) is 0. The third kappa shape index (κ3) is 2.88. The number of hydrogen-bond acceptors (Lipinski definition) is 1. The van der Waals surface area contributed by atoms with Gasteiger partial charge in [-0.3, -0.25) is 0 Å². The molecule has 75 valence electrons. The van der Waals surface area contributed by atoms with Crippen LogP contribution >= 0.6 is 15.9 Å². The summed E-state index contributed by atoms with van der Waals surface area (Å²) < 4.78 is 6.44. The molecule has 0 fully saturated rings. The monoisotopic (exact) mass is 253 g/mol. The van der Waals surface area contributed by atoms with Crippen molar-refractivity contribution < 1.29 is 4.74 Å². The van der Waals surface area contributed by atoms with Gasteiger partial charge in [0.25, 0.3) is 0 Å². The SMILES string of the molecule is [CH2]C(C=C)c1cc(Br)cc(OCC)c1. The molecule has 2 heteroatoms. The first-order chi connectivity index (χ1) is 6.67. The maximum absolute atomic E-state index is 5.43. The van der Waals surface area contributed by atoms with Crippen molar-refractivity contribution in [1.29, 1.82) is 0 Å². The van der Waals surface area contributed by atoms with Crippen molar-refractivity contribution in [3.8, 4) is 5.75 Å². The topological polar surface area (TPSA) is 9.23 Å². The fourth-order valence-corrected chi connectivity index (χ4v) is 1.67. The number of halogens is 1. The van der Waals surface area contributed by atoms with Gasteiger partial charge in [-0.15, -0.1) is 6.58 Å². The molecular formula is C12H14BrO. The molecule has 1 unspecified atom stereocenters. The predicted molar refractivity (Wildman–Crippen MR) is 63.6 cm³/mol. The molecule has 0 spiro atoms. The Morgan fingerprint density at radius 1 is 1.50 bits per heavy atom. The predicted octanol–water partition coefficient (Wildman–Crippen LogP) is 3.95. The summed E-state index contributed by atoms with van der Waals surface area (Å²) in [5, 5.41) is 0. The Kier molecular flexibility index (Phi) is 4.21. The van der Waals surface area contributed by atoms with Crippen LogP contribution in [-0.4, -0.2) is 6.61 Å². The van der Waals surface area contributed by atoms with Gasteiger partial charge in [-0.2, -0.15) is 0 Å².